The highest BCUT2D eigenvalue weighted by molar-refractivity contribution is 5.74. The van der Waals surface area contributed by atoms with E-state index in [0.29, 0.717) is 22.4 Å². The first-order valence-electron chi connectivity index (χ1n) is 10.8. The standard InChI is InChI=1S/C26H19F4N3O4/c1-15-9-18(12-20(10-15)32-24-31-8-7-23(33-24)26(28,29)30)17-5-6-21(22(13-17)37-25(34)35)36-14-16-3-2-4-19(27)11-16/h2-13H,14H2,1H3,(H,34,35)(H,31,32,33). The number of carboxylic acid groups (broad SMARTS) is 1. The van der Waals surface area contributed by atoms with Crippen LogP contribution in [0.4, 0.5) is 34.0 Å². The molecule has 0 saturated heterocycles. The van der Waals surface area contributed by atoms with Crippen molar-refractivity contribution in [1.29, 1.82) is 0 Å². The van der Waals surface area contributed by atoms with Crippen molar-refractivity contribution in [1.82, 2.24) is 9.97 Å². The van der Waals surface area contributed by atoms with Gasteiger partial charge >= 0.3 is 12.3 Å². The third-order valence-corrected chi connectivity index (χ3v) is 5.04. The maximum Gasteiger partial charge on any atom is 0.511 e. The largest absolute Gasteiger partial charge is 0.511 e. The van der Waals surface area contributed by atoms with E-state index in [-0.39, 0.29) is 24.1 Å². The number of aryl methyl sites for hydroxylation is 1. The lowest BCUT2D eigenvalue weighted by Crippen LogP contribution is -2.10. The Morgan fingerprint density at radius 3 is 2.54 bits per heavy atom. The SMILES string of the molecule is Cc1cc(Nc2nccc(C(F)(F)F)n2)cc(-c2ccc(OCc3cccc(F)c3)c(OC(=O)O)c2)c1. The highest BCUT2D eigenvalue weighted by Gasteiger charge is 2.32. The number of aromatic nitrogens is 2. The minimum absolute atomic E-state index is 0.0252. The van der Waals surface area contributed by atoms with Crippen molar-refractivity contribution >= 4 is 17.8 Å². The lowest BCUT2D eigenvalue weighted by molar-refractivity contribution is -0.141. The van der Waals surface area contributed by atoms with Crippen LogP contribution in [0.15, 0.2) is 72.9 Å². The van der Waals surface area contributed by atoms with Gasteiger partial charge in [0.15, 0.2) is 11.5 Å². The fourth-order valence-corrected chi connectivity index (χ4v) is 3.50. The van der Waals surface area contributed by atoms with Crippen LogP contribution in [0.25, 0.3) is 11.1 Å². The summed E-state index contributed by atoms with van der Waals surface area (Å²) in [5.74, 6) is -0.627. The van der Waals surface area contributed by atoms with Gasteiger partial charge < -0.3 is 19.9 Å². The van der Waals surface area contributed by atoms with Gasteiger partial charge in [-0.1, -0.05) is 24.3 Å². The Morgan fingerprint density at radius 1 is 1.00 bits per heavy atom. The highest BCUT2D eigenvalue weighted by atomic mass is 19.4. The second-order valence-corrected chi connectivity index (χ2v) is 7.92. The monoisotopic (exact) mass is 513 g/mol. The Bertz CT molecular complexity index is 1440. The molecule has 4 aromatic rings. The molecule has 3 aromatic carbocycles. The van der Waals surface area contributed by atoms with Crippen LogP contribution in [0.1, 0.15) is 16.8 Å². The summed E-state index contributed by atoms with van der Waals surface area (Å²) in [6, 6.07) is 16.3. The van der Waals surface area contributed by atoms with Gasteiger partial charge in [0.1, 0.15) is 18.1 Å². The predicted molar refractivity (Wildman–Crippen MR) is 126 cm³/mol. The Balaban J connectivity index is 1.61. The van der Waals surface area contributed by atoms with Crippen molar-refractivity contribution < 1.29 is 36.9 Å². The van der Waals surface area contributed by atoms with Crippen LogP contribution in [-0.2, 0) is 12.8 Å². The van der Waals surface area contributed by atoms with Crippen molar-refractivity contribution in [3.63, 3.8) is 0 Å². The quantitative estimate of drug-likeness (QED) is 0.156. The fraction of sp³-hybridized carbons (Fsp3) is 0.115. The number of benzene rings is 3. The smallest absolute Gasteiger partial charge is 0.485 e. The molecular formula is C26H19F4N3O4. The van der Waals surface area contributed by atoms with Crippen LogP contribution < -0.4 is 14.8 Å². The molecule has 0 spiro atoms. The van der Waals surface area contributed by atoms with E-state index in [0.717, 1.165) is 17.8 Å². The number of nitrogens with one attached hydrogen (secondary N) is 1. The second-order valence-electron chi connectivity index (χ2n) is 7.92. The Kier molecular flexibility index (Phi) is 7.23. The van der Waals surface area contributed by atoms with Gasteiger partial charge in [-0.3, -0.25) is 0 Å². The Labute approximate surface area is 208 Å². The molecule has 1 heterocycles. The van der Waals surface area contributed by atoms with E-state index in [2.05, 4.69) is 15.3 Å². The molecule has 1 aromatic heterocycles. The molecule has 0 saturated carbocycles. The number of hydrogen-bond donors (Lipinski definition) is 2. The van der Waals surface area contributed by atoms with Gasteiger partial charge in [0.05, 0.1) is 0 Å². The maximum absolute atomic E-state index is 13.4. The third kappa shape index (κ3) is 6.72. The molecule has 37 heavy (non-hydrogen) atoms. The first-order valence-corrected chi connectivity index (χ1v) is 10.8. The van der Waals surface area contributed by atoms with Crippen LogP contribution in [-0.4, -0.2) is 21.2 Å². The van der Waals surface area contributed by atoms with E-state index >= 15 is 0 Å². The molecule has 0 aliphatic heterocycles. The molecule has 11 heteroatoms. The first-order chi connectivity index (χ1) is 17.6. The molecule has 0 bridgehead atoms. The van der Waals surface area contributed by atoms with Crippen molar-refractivity contribution in [3.05, 3.63) is 95.6 Å². The molecule has 0 radical (unpaired) electrons. The van der Waals surface area contributed by atoms with Gasteiger partial charge in [0.25, 0.3) is 0 Å². The summed E-state index contributed by atoms with van der Waals surface area (Å²) in [5.41, 5.74) is 1.80. The van der Waals surface area contributed by atoms with Crippen LogP contribution in [0.3, 0.4) is 0 Å². The molecule has 4 rings (SSSR count). The molecule has 0 aliphatic rings. The van der Waals surface area contributed by atoms with E-state index in [1.165, 1.54) is 30.3 Å². The molecular weight excluding hydrogens is 494 g/mol. The van der Waals surface area contributed by atoms with Crippen LogP contribution in [0.2, 0.25) is 0 Å². The van der Waals surface area contributed by atoms with Gasteiger partial charge in [-0.2, -0.15) is 13.2 Å². The average Bonchev–Trinajstić information content (AvgIpc) is 2.82. The van der Waals surface area contributed by atoms with Gasteiger partial charge in [-0.05, 0) is 71.6 Å². The third-order valence-electron chi connectivity index (χ3n) is 5.04. The van der Waals surface area contributed by atoms with Gasteiger partial charge in [0, 0.05) is 11.9 Å². The topological polar surface area (TPSA) is 93.6 Å². The minimum atomic E-state index is -4.61. The van der Waals surface area contributed by atoms with E-state index in [4.69, 9.17) is 9.47 Å². The summed E-state index contributed by atoms with van der Waals surface area (Å²) in [4.78, 5) is 18.6. The summed E-state index contributed by atoms with van der Waals surface area (Å²) < 4.78 is 63.0. The lowest BCUT2D eigenvalue weighted by Gasteiger charge is -2.14. The fourth-order valence-electron chi connectivity index (χ4n) is 3.50. The predicted octanol–water partition coefficient (Wildman–Crippen LogP) is 6.99. The lowest BCUT2D eigenvalue weighted by atomic mass is 10.0. The van der Waals surface area contributed by atoms with Crippen molar-refractivity contribution in [3.8, 4) is 22.6 Å². The van der Waals surface area contributed by atoms with Crippen LogP contribution in [0.5, 0.6) is 11.5 Å². The summed E-state index contributed by atoms with van der Waals surface area (Å²) in [6.07, 6.45) is -5.16. The zero-order chi connectivity index (χ0) is 26.6. The summed E-state index contributed by atoms with van der Waals surface area (Å²) >= 11 is 0. The Hall–Kier alpha value is -4.67. The van der Waals surface area contributed by atoms with Gasteiger partial charge in [-0.25, -0.2) is 19.2 Å². The number of halogens is 4. The number of anilines is 2. The molecule has 0 atom stereocenters. The van der Waals surface area contributed by atoms with E-state index < -0.39 is 23.8 Å². The molecule has 190 valence electrons. The summed E-state index contributed by atoms with van der Waals surface area (Å²) in [5, 5.41) is 11.9. The highest BCUT2D eigenvalue weighted by Crippen LogP contribution is 2.35. The number of rotatable bonds is 7. The van der Waals surface area contributed by atoms with E-state index in [9.17, 15) is 27.5 Å². The van der Waals surface area contributed by atoms with Crippen molar-refractivity contribution in [2.24, 2.45) is 0 Å². The molecule has 0 unspecified atom stereocenters. The first kappa shape index (κ1) is 25.4. The summed E-state index contributed by atoms with van der Waals surface area (Å²) in [7, 11) is 0. The summed E-state index contributed by atoms with van der Waals surface area (Å²) in [6.45, 7) is 1.76. The van der Waals surface area contributed by atoms with Crippen LogP contribution >= 0.6 is 0 Å². The zero-order valence-corrected chi connectivity index (χ0v) is 19.2. The second kappa shape index (κ2) is 10.5. The number of alkyl halides is 3. The Morgan fingerprint density at radius 2 is 1.81 bits per heavy atom. The average molecular weight is 513 g/mol. The molecule has 0 aliphatic carbocycles. The van der Waals surface area contributed by atoms with E-state index in [1.54, 1.807) is 37.3 Å². The van der Waals surface area contributed by atoms with Gasteiger partial charge in [0.2, 0.25) is 5.95 Å². The number of nitrogens with zero attached hydrogens (tertiary/aromatic N) is 2. The van der Waals surface area contributed by atoms with Crippen LogP contribution in [0, 0.1) is 12.7 Å². The van der Waals surface area contributed by atoms with E-state index in [1.807, 2.05) is 0 Å². The van der Waals surface area contributed by atoms with Crippen molar-refractivity contribution in [2.45, 2.75) is 19.7 Å². The number of hydrogen-bond acceptors (Lipinski definition) is 6. The molecule has 0 fully saturated rings. The minimum Gasteiger partial charge on any atom is -0.485 e. The van der Waals surface area contributed by atoms with Crippen molar-refractivity contribution in [2.75, 3.05) is 5.32 Å². The number of ether oxygens (including phenoxy) is 2. The molecule has 7 nitrogen and oxygen atoms in total. The van der Waals surface area contributed by atoms with Gasteiger partial charge in [-0.15, -0.1) is 0 Å². The maximum atomic E-state index is 13.4. The molecule has 2 N–H and O–H groups in total. The normalized spacial score (nSPS) is 11.2. The zero-order valence-electron chi connectivity index (χ0n) is 19.2. The molecule has 0 amide bonds. The number of carbonyl (C=O) groups is 1.